The molecule has 0 saturated heterocycles. The van der Waals surface area contributed by atoms with Gasteiger partial charge in [0.1, 0.15) is 11.6 Å². The molecule has 0 fully saturated rings. The first kappa shape index (κ1) is 7.98. The molecule has 2 aromatic rings. The predicted molar refractivity (Wildman–Crippen MR) is 51.2 cm³/mol. The molecular weight excluding hydrogens is 167 g/mol. The lowest BCUT2D eigenvalue weighted by molar-refractivity contribution is 0.640. The lowest BCUT2D eigenvalue weighted by Gasteiger charge is -2.01. The molecule has 2 nitrogen and oxygen atoms in total. The van der Waals surface area contributed by atoms with E-state index in [1.165, 1.54) is 6.07 Å². The first-order chi connectivity index (χ1) is 6.31. The third-order valence-electron chi connectivity index (χ3n) is 1.97. The Morgan fingerprint density at radius 3 is 3.00 bits per heavy atom. The molecule has 1 aromatic heterocycles. The normalized spacial score (nSPS) is 10.3. The molecule has 1 N–H and O–H groups in total. The summed E-state index contributed by atoms with van der Waals surface area (Å²) in [6, 6.07) is 6.66. The number of benzene rings is 1. The van der Waals surface area contributed by atoms with Gasteiger partial charge < -0.3 is 5.32 Å². The van der Waals surface area contributed by atoms with Gasteiger partial charge in [-0.25, -0.2) is 9.37 Å². The second-order valence-corrected chi connectivity index (χ2v) is 2.78. The van der Waals surface area contributed by atoms with E-state index in [-0.39, 0.29) is 5.82 Å². The van der Waals surface area contributed by atoms with Crippen molar-refractivity contribution in [3.8, 4) is 0 Å². The summed E-state index contributed by atoms with van der Waals surface area (Å²) in [5.74, 6) is 0.467. The zero-order valence-corrected chi connectivity index (χ0v) is 7.21. The summed E-state index contributed by atoms with van der Waals surface area (Å²) in [6.45, 7) is 0. The zero-order chi connectivity index (χ0) is 9.26. The van der Waals surface area contributed by atoms with E-state index in [1.54, 1.807) is 25.4 Å². The first-order valence-electron chi connectivity index (χ1n) is 4.03. The highest BCUT2D eigenvalue weighted by Crippen LogP contribution is 2.18. The monoisotopic (exact) mass is 176 g/mol. The number of hydrogen-bond acceptors (Lipinski definition) is 2. The Kier molecular flexibility index (Phi) is 1.85. The Labute approximate surface area is 75.4 Å². The third-order valence-corrected chi connectivity index (χ3v) is 1.97. The van der Waals surface area contributed by atoms with Gasteiger partial charge in [0.25, 0.3) is 0 Å². The van der Waals surface area contributed by atoms with Crippen LogP contribution in [0.2, 0.25) is 0 Å². The van der Waals surface area contributed by atoms with Crippen LogP contribution >= 0.6 is 0 Å². The van der Waals surface area contributed by atoms with Gasteiger partial charge in [0.2, 0.25) is 0 Å². The van der Waals surface area contributed by atoms with E-state index < -0.39 is 0 Å². The minimum Gasteiger partial charge on any atom is -0.373 e. The molecule has 0 spiro atoms. The lowest BCUT2D eigenvalue weighted by atomic mass is 10.1. The van der Waals surface area contributed by atoms with E-state index >= 15 is 0 Å². The van der Waals surface area contributed by atoms with Crippen molar-refractivity contribution in [1.82, 2.24) is 4.98 Å². The van der Waals surface area contributed by atoms with Crippen molar-refractivity contribution in [2.45, 2.75) is 0 Å². The molecule has 0 radical (unpaired) electrons. The lowest BCUT2D eigenvalue weighted by Crippen LogP contribution is -1.91. The van der Waals surface area contributed by atoms with Crippen molar-refractivity contribution in [2.75, 3.05) is 12.4 Å². The molecule has 0 unspecified atom stereocenters. The fraction of sp³-hybridized carbons (Fsp3) is 0.100. The summed E-state index contributed by atoms with van der Waals surface area (Å²) in [7, 11) is 1.76. The van der Waals surface area contributed by atoms with Crippen LogP contribution in [0.4, 0.5) is 10.2 Å². The standard InChI is InChI=1S/C10H9FN2/c1-12-10-5-8-7(6-13-10)3-2-4-9(8)11/h2-6H,1H3,(H,12,13). The Balaban J connectivity index is 2.74. The Morgan fingerprint density at radius 1 is 1.38 bits per heavy atom. The highest BCUT2D eigenvalue weighted by Gasteiger charge is 2.00. The van der Waals surface area contributed by atoms with Gasteiger partial charge in [-0.15, -0.1) is 0 Å². The SMILES string of the molecule is CNc1cc2c(F)cccc2cn1. The molecule has 0 saturated carbocycles. The number of halogens is 1. The Hall–Kier alpha value is -1.64. The number of nitrogens with one attached hydrogen (secondary N) is 1. The van der Waals surface area contributed by atoms with E-state index in [0.29, 0.717) is 11.2 Å². The number of nitrogens with zero attached hydrogens (tertiary/aromatic N) is 1. The van der Waals surface area contributed by atoms with Crippen molar-refractivity contribution >= 4 is 16.6 Å². The molecule has 0 amide bonds. The van der Waals surface area contributed by atoms with E-state index in [2.05, 4.69) is 10.3 Å². The van der Waals surface area contributed by atoms with Crippen molar-refractivity contribution in [3.05, 3.63) is 36.3 Å². The van der Waals surface area contributed by atoms with Crippen LogP contribution in [-0.2, 0) is 0 Å². The number of rotatable bonds is 1. The molecule has 1 aromatic carbocycles. The van der Waals surface area contributed by atoms with E-state index in [4.69, 9.17) is 0 Å². The van der Waals surface area contributed by atoms with Crippen LogP contribution in [0, 0.1) is 5.82 Å². The number of fused-ring (bicyclic) bond motifs is 1. The molecule has 0 aliphatic carbocycles. The van der Waals surface area contributed by atoms with Crippen LogP contribution in [-0.4, -0.2) is 12.0 Å². The van der Waals surface area contributed by atoms with Gasteiger partial charge in [-0.1, -0.05) is 12.1 Å². The molecule has 66 valence electrons. The van der Waals surface area contributed by atoms with Crippen LogP contribution in [0.25, 0.3) is 10.8 Å². The van der Waals surface area contributed by atoms with Gasteiger partial charge in [0.05, 0.1) is 0 Å². The summed E-state index contributed by atoms with van der Waals surface area (Å²) >= 11 is 0. The zero-order valence-electron chi connectivity index (χ0n) is 7.21. The quantitative estimate of drug-likeness (QED) is 0.721. The van der Waals surface area contributed by atoms with E-state index in [0.717, 1.165) is 5.39 Å². The molecule has 2 rings (SSSR count). The topological polar surface area (TPSA) is 24.9 Å². The minimum atomic E-state index is -0.212. The molecule has 3 heteroatoms. The molecule has 0 atom stereocenters. The van der Waals surface area contributed by atoms with Gasteiger partial charge in [-0.05, 0) is 12.1 Å². The molecular formula is C10H9FN2. The summed E-state index contributed by atoms with van der Waals surface area (Å²) < 4.78 is 13.2. The van der Waals surface area contributed by atoms with Gasteiger partial charge in [-0.3, -0.25) is 0 Å². The van der Waals surface area contributed by atoms with Crippen molar-refractivity contribution < 1.29 is 4.39 Å². The second kappa shape index (κ2) is 3.01. The van der Waals surface area contributed by atoms with Crippen LogP contribution in [0.15, 0.2) is 30.5 Å². The highest BCUT2D eigenvalue weighted by molar-refractivity contribution is 5.84. The first-order valence-corrected chi connectivity index (χ1v) is 4.03. The molecule has 13 heavy (non-hydrogen) atoms. The van der Waals surface area contributed by atoms with Gasteiger partial charge in [0, 0.05) is 24.0 Å². The molecule has 1 heterocycles. The van der Waals surface area contributed by atoms with E-state index in [9.17, 15) is 4.39 Å². The van der Waals surface area contributed by atoms with Crippen LogP contribution in [0.3, 0.4) is 0 Å². The van der Waals surface area contributed by atoms with Crippen molar-refractivity contribution in [2.24, 2.45) is 0 Å². The van der Waals surface area contributed by atoms with Gasteiger partial charge >= 0.3 is 0 Å². The predicted octanol–water partition coefficient (Wildman–Crippen LogP) is 2.42. The highest BCUT2D eigenvalue weighted by atomic mass is 19.1. The molecule has 0 aliphatic heterocycles. The minimum absolute atomic E-state index is 0.212. The van der Waals surface area contributed by atoms with Gasteiger partial charge in [-0.2, -0.15) is 0 Å². The summed E-state index contributed by atoms with van der Waals surface area (Å²) in [5.41, 5.74) is 0. The summed E-state index contributed by atoms with van der Waals surface area (Å²) in [6.07, 6.45) is 1.66. The van der Waals surface area contributed by atoms with Crippen LogP contribution < -0.4 is 5.32 Å². The Bertz CT molecular complexity index is 440. The summed E-state index contributed by atoms with van der Waals surface area (Å²) in [4.78, 5) is 4.09. The number of hydrogen-bond donors (Lipinski definition) is 1. The molecule has 0 bridgehead atoms. The van der Waals surface area contributed by atoms with Crippen LogP contribution in [0.1, 0.15) is 0 Å². The largest absolute Gasteiger partial charge is 0.373 e. The second-order valence-electron chi connectivity index (χ2n) is 2.78. The average molecular weight is 176 g/mol. The summed E-state index contributed by atoms with van der Waals surface area (Å²) in [5, 5.41) is 4.29. The van der Waals surface area contributed by atoms with Crippen LogP contribution in [0.5, 0.6) is 0 Å². The van der Waals surface area contributed by atoms with Crippen molar-refractivity contribution in [1.29, 1.82) is 0 Å². The number of aromatic nitrogens is 1. The number of anilines is 1. The Morgan fingerprint density at radius 2 is 2.23 bits per heavy atom. The smallest absolute Gasteiger partial charge is 0.131 e. The maximum Gasteiger partial charge on any atom is 0.131 e. The van der Waals surface area contributed by atoms with Gasteiger partial charge in [0.15, 0.2) is 0 Å². The maximum atomic E-state index is 13.2. The maximum absolute atomic E-state index is 13.2. The fourth-order valence-electron chi connectivity index (χ4n) is 1.27. The molecule has 0 aliphatic rings. The average Bonchev–Trinajstić information content (AvgIpc) is 2.18. The van der Waals surface area contributed by atoms with E-state index in [1.807, 2.05) is 6.07 Å². The number of pyridine rings is 1. The third kappa shape index (κ3) is 1.33. The van der Waals surface area contributed by atoms with Crippen molar-refractivity contribution in [3.63, 3.8) is 0 Å². The fourth-order valence-corrected chi connectivity index (χ4v) is 1.27.